The molecule has 2 N–H and O–H groups in total. The van der Waals surface area contributed by atoms with Gasteiger partial charge in [-0.2, -0.15) is 10.1 Å². The first-order valence-corrected chi connectivity index (χ1v) is 6.15. The van der Waals surface area contributed by atoms with Crippen LogP contribution >= 0.6 is 15.9 Å². The first-order valence-electron chi connectivity index (χ1n) is 5.36. The van der Waals surface area contributed by atoms with Crippen LogP contribution in [0.3, 0.4) is 0 Å². The minimum absolute atomic E-state index is 0.0339. The van der Waals surface area contributed by atoms with E-state index < -0.39 is 0 Å². The van der Waals surface area contributed by atoms with Crippen molar-refractivity contribution >= 4 is 27.5 Å². The maximum absolute atomic E-state index is 4.36. The topological polar surface area (TPSA) is 83.8 Å². The molecule has 0 fully saturated rings. The summed E-state index contributed by atoms with van der Waals surface area (Å²) in [6, 6.07) is 3.78. The fraction of sp³-hybridized carbons (Fsp3) is 0.200. The number of pyridine rings is 1. The second-order valence-corrected chi connectivity index (χ2v) is 4.74. The molecule has 3 rings (SSSR count). The van der Waals surface area contributed by atoms with E-state index in [4.69, 9.17) is 0 Å². The van der Waals surface area contributed by atoms with Gasteiger partial charge in [-0.25, -0.2) is 9.50 Å². The minimum Gasteiger partial charge on any atom is -0.343 e. The number of hydrogen-bond donors (Lipinski definition) is 2. The number of H-pyrrole nitrogens is 1. The molecule has 1 atom stereocenters. The van der Waals surface area contributed by atoms with Gasteiger partial charge in [0.15, 0.2) is 5.65 Å². The highest BCUT2D eigenvalue weighted by atomic mass is 79.9. The molecule has 1 unspecified atom stereocenters. The molecule has 0 aliphatic rings. The second kappa shape index (κ2) is 4.37. The van der Waals surface area contributed by atoms with Crippen molar-refractivity contribution in [3.63, 3.8) is 0 Å². The zero-order valence-corrected chi connectivity index (χ0v) is 11.1. The van der Waals surface area contributed by atoms with Crippen LogP contribution < -0.4 is 5.32 Å². The number of aromatic amines is 1. The Morgan fingerprint density at radius 3 is 3.11 bits per heavy atom. The van der Waals surface area contributed by atoms with Crippen molar-refractivity contribution in [2.45, 2.75) is 13.0 Å². The summed E-state index contributed by atoms with van der Waals surface area (Å²) >= 11 is 3.39. The van der Waals surface area contributed by atoms with E-state index in [9.17, 15) is 0 Å². The van der Waals surface area contributed by atoms with E-state index in [1.807, 2.05) is 25.3 Å². The molecule has 3 aromatic rings. The fourth-order valence-corrected chi connectivity index (χ4v) is 1.93. The Labute approximate surface area is 111 Å². The molecule has 0 aliphatic carbocycles. The van der Waals surface area contributed by atoms with Crippen molar-refractivity contribution in [2.24, 2.45) is 0 Å². The number of nitrogens with one attached hydrogen (secondary N) is 2. The van der Waals surface area contributed by atoms with E-state index in [1.165, 1.54) is 6.33 Å². The van der Waals surface area contributed by atoms with E-state index in [-0.39, 0.29) is 6.04 Å². The number of fused-ring (bicyclic) bond motifs is 1. The van der Waals surface area contributed by atoms with Crippen molar-refractivity contribution in [1.82, 2.24) is 29.8 Å². The van der Waals surface area contributed by atoms with Gasteiger partial charge in [-0.05, 0) is 35.0 Å². The van der Waals surface area contributed by atoms with E-state index >= 15 is 0 Å². The van der Waals surface area contributed by atoms with Crippen LogP contribution in [0.25, 0.3) is 5.65 Å². The van der Waals surface area contributed by atoms with Gasteiger partial charge in [0, 0.05) is 10.7 Å². The van der Waals surface area contributed by atoms with Crippen molar-refractivity contribution in [3.8, 4) is 0 Å². The Hall–Kier alpha value is -1.96. The molecular weight excluding hydrogens is 298 g/mol. The van der Waals surface area contributed by atoms with Crippen LogP contribution in [-0.2, 0) is 0 Å². The molecule has 0 aliphatic heterocycles. The third kappa shape index (κ3) is 2.06. The monoisotopic (exact) mass is 307 g/mol. The van der Waals surface area contributed by atoms with Gasteiger partial charge in [-0.3, -0.25) is 5.10 Å². The van der Waals surface area contributed by atoms with Crippen molar-refractivity contribution < 1.29 is 0 Å². The lowest BCUT2D eigenvalue weighted by atomic mass is 10.3. The Balaban J connectivity index is 1.86. The molecular formula is C10H10BrN7. The lowest BCUT2D eigenvalue weighted by Crippen LogP contribution is -2.09. The van der Waals surface area contributed by atoms with E-state index in [0.717, 1.165) is 15.9 Å². The van der Waals surface area contributed by atoms with Gasteiger partial charge < -0.3 is 5.32 Å². The third-order valence-corrected chi connectivity index (χ3v) is 2.95. The summed E-state index contributed by atoms with van der Waals surface area (Å²) < 4.78 is 2.66. The quantitative estimate of drug-likeness (QED) is 0.770. The first-order chi connectivity index (χ1) is 8.72. The Morgan fingerprint density at radius 2 is 2.33 bits per heavy atom. The molecule has 3 aromatic heterocycles. The summed E-state index contributed by atoms with van der Waals surface area (Å²) in [6.07, 6.45) is 3.33. The maximum atomic E-state index is 4.36. The fourth-order valence-electron chi connectivity index (χ4n) is 1.60. The maximum Gasteiger partial charge on any atom is 0.243 e. The number of nitrogens with zero attached hydrogens (tertiary/aromatic N) is 5. The van der Waals surface area contributed by atoms with Gasteiger partial charge in [-0.15, -0.1) is 5.10 Å². The van der Waals surface area contributed by atoms with Crippen molar-refractivity contribution in [2.75, 3.05) is 5.32 Å². The van der Waals surface area contributed by atoms with Crippen LogP contribution in [0.4, 0.5) is 5.95 Å². The van der Waals surface area contributed by atoms with Crippen LogP contribution in [0.5, 0.6) is 0 Å². The summed E-state index contributed by atoms with van der Waals surface area (Å²) in [5.74, 6) is 1.30. The molecule has 3 heterocycles. The lowest BCUT2D eigenvalue weighted by molar-refractivity contribution is 0.781. The second-order valence-electron chi connectivity index (χ2n) is 3.82. The van der Waals surface area contributed by atoms with Gasteiger partial charge >= 0.3 is 0 Å². The smallest absolute Gasteiger partial charge is 0.243 e. The molecule has 0 aromatic carbocycles. The van der Waals surface area contributed by atoms with Crippen molar-refractivity contribution in [1.29, 1.82) is 0 Å². The largest absolute Gasteiger partial charge is 0.343 e. The number of rotatable bonds is 3. The summed E-state index contributed by atoms with van der Waals surface area (Å²) in [5, 5.41) is 14.1. The van der Waals surface area contributed by atoms with Crippen LogP contribution in [0.1, 0.15) is 18.8 Å². The molecule has 0 spiro atoms. The normalized spacial score (nSPS) is 12.8. The summed E-state index contributed by atoms with van der Waals surface area (Å²) in [4.78, 5) is 8.44. The van der Waals surface area contributed by atoms with Gasteiger partial charge in [0.2, 0.25) is 5.95 Å². The molecule has 18 heavy (non-hydrogen) atoms. The highest BCUT2D eigenvalue weighted by Crippen LogP contribution is 2.15. The Kier molecular flexibility index (Phi) is 2.71. The zero-order chi connectivity index (χ0) is 12.5. The van der Waals surface area contributed by atoms with Crippen LogP contribution in [0.2, 0.25) is 0 Å². The van der Waals surface area contributed by atoms with Crippen LogP contribution in [0, 0.1) is 0 Å². The van der Waals surface area contributed by atoms with Gasteiger partial charge in [0.05, 0.1) is 6.04 Å². The van der Waals surface area contributed by atoms with E-state index in [0.29, 0.717) is 5.95 Å². The molecule has 0 amide bonds. The lowest BCUT2D eigenvalue weighted by Gasteiger charge is -2.07. The predicted molar refractivity (Wildman–Crippen MR) is 69.1 cm³/mol. The number of anilines is 1. The molecule has 8 heteroatoms. The Bertz CT molecular complexity index is 660. The first kappa shape index (κ1) is 11.1. The molecule has 92 valence electrons. The number of halogens is 1. The molecule has 0 saturated heterocycles. The van der Waals surface area contributed by atoms with E-state index in [1.54, 1.807) is 4.52 Å². The van der Waals surface area contributed by atoms with Crippen LogP contribution in [0.15, 0.2) is 29.1 Å². The van der Waals surface area contributed by atoms with Gasteiger partial charge in [-0.1, -0.05) is 0 Å². The minimum atomic E-state index is -0.0339. The summed E-state index contributed by atoms with van der Waals surface area (Å²) in [5.41, 5.74) is 0.783. The average Bonchev–Trinajstić information content (AvgIpc) is 2.95. The average molecular weight is 308 g/mol. The third-order valence-electron chi connectivity index (χ3n) is 2.48. The Morgan fingerprint density at radius 1 is 1.44 bits per heavy atom. The van der Waals surface area contributed by atoms with Gasteiger partial charge in [0.25, 0.3) is 0 Å². The molecule has 0 saturated carbocycles. The number of aromatic nitrogens is 6. The van der Waals surface area contributed by atoms with Gasteiger partial charge in [0.1, 0.15) is 12.2 Å². The highest BCUT2D eigenvalue weighted by Gasteiger charge is 2.11. The standard InChI is InChI=1S/C10H10BrN7/c1-6(9-12-5-13-16-9)14-10-15-8-3-2-7(11)4-18(8)17-10/h2-6H,1H3,(H,14,17)(H,12,13,16). The molecule has 0 radical (unpaired) electrons. The molecule has 0 bridgehead atoms. The van der Waals surface area contributed by atoms with Crippen LogP contribution in [-0.4, -0.2) is 29.8 Å². The van der Waals surface area contributed by atoms with Crippen molar-refractivity contribution in [3.05, 3.63) is 35.0 Å². The van der Waals surface area contributed by atoms with E-state index in [2.05, 4.69) is 46.5 Å². The highest BCUT2D eigenvalue weighted by molar-refractivity contribution is 9.10. The summed E-state index contributed by atoms with van der Waals surface area (Å²) in [7, 11) is 0. The summed E-state index contributed by atoms with van der Waals surface area (Å²) in [6.45, 7) is 1.96. The zero-order valence-electron chi connectivity index (χ0n) is 9.50. The SMILES string of the molecule is CC(Nc1nc2ccc(Br)cn2n1)c1ncn[nH]1. The number of hydrogen-bond acceptors (Lipinski definition) is 5. The predicted octanol–water partition coefficient (Wildman–Crippen LogP) is 1.78. The molecule has 7 nitrogen and oxygen atoms in total.